The van der Waals surface area contributed by atoms with Crippen LogP contribution in [0.5, 0.6) is 0 Å². The van der Waals surface area contributed by atoms with Crippen molar-refractivity contribution < 1.29 is 20.1 Å². The third-order valence-corrected chi connectivity index (χ3v) is 12.3. The maximum atomic E-state index is 12.5. The molecule has 0 aliphatic carbocycles. The Balaban J connectivity index is 3.62. The van der Waals surface area contributed by atoms with Crippen LogP contribution in [0.3, 0.4) is 0 Å². The molecule has 0 saturated heterocycles. The fourth-order valence-corrected chi connectivity index (χ4v) is 8.20. The van der Waals surface area contributed by atoms with Crippen LogP contribution in [0.1, 0.15) is 284 Å². The molecular formula is C53H103NO4. The van der Waals surface area contributed by atoms with Crippen LogP contribution in [-0.4, -0.2) is 46.1 Å². The molecule has 5 nitrogen and oxygen atoms in total. The molecular weight excluding hydrogens is 715 g/mol. The Labute approximate surface area is 362 Å². The van der Waals surface area contributed by atoms with Crippen molar-refractivity contribution in [3.05, 3.63) is 24.3 Å². The lowest BCUT2D eigenvalue weighted by Gasteiger charge is -2.21. The Morgan fingerprint density at radius 2 is 0.707 bits per heavy atom. The summed E-state index contributed by atoms with van der Waals surface area (Å²) in [5.41, 5.74) is 0. The van der Waals surface area contributed by atoms with E-state index in [1.165, 1.54) is 225 Å². The van der Waals surface area contributed by atoms with Crippen molar-refractivity contribution >= 4 is 5.91 Å². The molecule has 5 heteroatoms. The highest BCUT2D eigenvalue weighted by molar-refractivity contribution is 5.80. The van der Waals surface area contributed by atoms with E-state index in [-0.39, 0.29) is 6.61 Å². The molecule has 0 aliphatic rings. The van der Waals surface area contributed by atoms with E-state index in [1.54, 1.807) is 6.08 Å². The van der Waals surface area contributed by atoms with Gasteiger partial charge >= 0.3 is 0 Å². The van der Waals surface area contributed by atoms with Crippen LogP contribution in [0.15, 0.2) is 24.3 Å². The molecule has 58 heavy (non-hydrogen) atoms. The topological polar surface area (TPSA) is 89.8 Å². The van der Waals surface area contributed by atoms with Gasteiger partial charge in [-0.25, -0.2) is 0 Å². The zero-order valence-corrected chi connectivity index (χ0v) is 39.2. The fraction of sp³-hybridized carbons (Fsp3) is 0.906. The molecule has 0 heterocycles. The van der Waals surface area contributed by atoms with E-state index in [4.69, 9.17) is 0 Å². The molecule has 0 aromatic rings. The average molecular weight is 818 g/mol. The minimum absolute atomic E-state index is 0.372. The summed E-state index contributed by atoms with van der Waals surface area (Å²) in [4.78, 5) is 12.5. The number of allylic oxidation sites excluding steroid dienone is 3. The summed E-state index contributed by atoms with van der Waals surface area (Å²) in [6.45, 7) is 4.20. The predicted molar refractivity (Wildman–Crippen MR) is 255 cm³/mol. The highest BCUT2D eigenvalue weighted by Gasteiger charge is 2.22. The minimum atomic E-state index is -1.10. The van der Waals surface area contributed by atoms with Gasteiger partial charge in [-0.2, -0.15) is 0 Å². The summed E-state index contributed by atoms with van der Waals surface area (Å²) in [5.74, 6) is -0.508. The average Bonchev–Trinajstić information content (AvgIpc) is 3.23. The summed E-state index contributed by atoms with van der Waals surface area (Å²) in [6.07, 6.45) is 61.0. The van der Waals surface area contributed by atoms with Crippen molar-refractivity contribution in [1.82, 2.24) is 5.32 Å². The maximum absolute atomic E-state index is 12.5. The maximum Gasteiger partial charge on any atom is 0.249 e. The number of hydrogen-bond acceptors (Lipinski definition) is 4. The standard InChI is InChI=1S/C53H103NO4/c1-3-5-7-9-11-13-15-17-19-21-23-24-25-26-27-28-30-31-33-35-37-39-41-43-45-47-51(56)50(49-55)54-53(58)52(57)48-46-44-42-40-38-36-34-32-29-22-20-18-16-14-12-10-8-6-4-2/h37,39,45,47,50-52,55-57H,3-36,38,40-44,46,48-49H2,1-2H3,(H,54,58)/b39-37+,47-45+. The second-order valence-electron chi connectivity index (χ2n) is 18.1. The Morgan fingerprint density at radius 1 is 0.414 bits per heavy atom. The molecule has 0 fully saturated rings. The molecule has 0 aromatic heterocycles. The first-order valence-electron chi connectivity index (χ1n) is 26.2. The SMILES string of the molecule is CCCCCCCCCCCCCCCCCCCCC/C=C/CC/C=C/C(O)C(CO)NC(=O)C(O)CCCCCCCCCCCCCCCCCCCCC. The van der Waals surface area contributed by atoms with Gasteiger partial charge in [-0.05, 0) is 32.1 Å². The van der Waals surface area contributed by atoms with E-state index >= 15 is 0 Å². The Morgan fingerprint density at radius 3 is 1.05 bits per heavy atom. The molecule has 1 amide bonds. The molecule has 0 spiro atoms. The summed E-state index contributed by atoms with van der Waals surface area (Å²) in [6, 6.07) is -0.812. The number of carbonyl (C=O) groups is 1. The molecule has 0 bridgehead atoms. The van der Waals surface area contributed by atoms with Gasteiger partial charge in [-0.3, -0.25) is 4.79 Å². The molecule has 0 saturated carbocycles. The normalized spacial score (nSPS) is 13.5. The van der Waals surface area contributed by atoms with E-state index < -0.39 is 24.2 Å². The summed E-state index contributed by atoms with van der Waals surface area (Å²) >= 11 is 0. The van der Waals surface area contributed by atoms with Gasteiger partial charge < -0.3 is 20.6 Å². The molecule has 3 unspecified atom stereocenters. The van der Waals surface area contributed by atoms with Gasteiger partial charge in [0.15, 0.2) is 0 Å². The number of aliphatic hydroxyl groups excluding tert-OH is 3. The van der Waals surface area contributed by atoms with Gasteiger partial charge in [-0.15, -0.1) is 0 Å². The van der Waals surface area contributed by atoms with Crippen molar-refractivity contribution in [3.8, 4) is 0 Å². The van der Waals surface area contributed by atoms with Crippen LogP contribution < -0.4 is 5.32 Å². The van der Waals surface area contributed by atoms with Gasteiger partial charge in [0.1, 0.15) is 6.10 Å². The quantitative estimate of drug-likeness (QED) is 0.0364. The van der Waals surface area contributed by atoms with E-state index in [1.807, 2.05) is 6.08 Å². The minimum Gasteiger partial charge on any atom is -0.394 e. The summed E-state index contributed by atoms with van der Waals surface area (Å²) in [5, 5.41) is 33.3. The largest absolute Gasteiger partial charge is 0.394 e. The molecule has 0 radical (unpaired) electrons. The smallest absolute Gasteiger partial charge is 0.249 e. The molecule has 0 rings (SSSR count). The molecule has 344 valence electrons. The summed E-state index contributed by atoms with van der Waals surface area (Å²) < 4.78 is 0. The second-order valence-corrected chi connectivity index (χ2v) is 18.1. The van der Waals surface area contributed by atoms with Crippen molar-refractivity contribution in [2.75, 3.05) is 6.61 Å². The first kappa shape index (κ1) is 56.8. The summed E-state index contributed by atoms with van der Waals surface area (Å²) in [7, 11) is 0. The number of unbranched alkanes of at least 4 members (excludes halogenated alkanes) is 38. The lowest BCUT2D eigenvalue weighted by Crippen LogP contribution is -2.48. The highest BCUT2D eigenvalue weighted by atomic mass is 16.3. The molecule has 4 N–H and O–H groups in total. The van der Waals surface area contributed by atoms with Crippen molar-refractivity contribution in [2.24, 2.45) is 0 Å². The Hall–Kier alpha value is -1.17. The van der Waals surface area contributed by atoms with Gasteiger partial charge in [-0.1, -0.05) is 276 Å². The predicted octanol–water partition coefficient (Wildman–Crippen LogP) is 15.7. The number of carbonyl (C=O) groups excluding carboxylic acids is 1. The zero-order valence-electron chi connectivity index (χ0n) is 39.2. The fourth-order valence-electron chi connectivity index (χ4n) is 8.20. The number of amides is 1. The van der Waals surface area contributed by atoms with Crippen molar-refractivity contribution in [2.45, 2.75) is 302 Å². The highest BCUT2D eigenvalue weighted by Crippen LogP contribution is 2.17. The Kier molecular flexibility index (Phi) is 47.5. The van der Waals surface area contributed by atoms with E-state index in [0.29, 0.717) is 6.42 Å². The van der Waals surface area contributed by atoms with Crippen LogP contribution >= 0.6 is 0 Å². The lowest BCUT2D eigenvalue weighted by molar-refractivity contribution is -0.131. The monoisotopic (exact) mass is 818 g/mol. The van der Waals surface area contributed by atoms with E-state index in [2.05, 4.69) is 31.3 Å². The molecule has 3 atom stereocenters. The van der Waals surface area contributed by atoms with E-state index in [9.17, 15) is 20.1 Å². The molecule has 0 aromatic carbocycles. The van der Waals surface area contributed by atoms with Crippen LogP contribution in [0.2, 0.25) is 0 Å². The number of aliphatic hydroxyl groups is 3. The second kappa shape index (κ2) is 48.5. The van der Waals surface area contributed by atoms with Crippen LogP contribution in [0, 0.1) is 0 Å². The Bertz CT molecular complexity index is 859. The van der Waals surface area contributed by atoms with Crippen LogP contribution in [0.4, 0.5) is 0 Å². The first-order valence-corrected chi connectivity index (χ1v) is 26.2. The zero-order chi connectivity index (χ0) is 42.3. The van der Waals surface area contributed by atoms with Crippen LogP contribution in [-0.2, 0) is 4.79 Å². The number of nitrogens with one attached hydrogen (secondary N) is 1. The van der Waals surface area contributed by atoms with Gasteiger partial charge in [0.05, 0.1) is 18.8 Å². The third kappa shape index (κ3) is 42.9. The van der Waals surface area contributed by atoms with Crippen molar-refractivity contribution in [1.29, 1.82) is 0 Å². The van der Waals surface area contributed by atoms with Gasteiger partial charge in [0, 0.05) is 0 Å². The van der Waals surface area contributed by atoms with Gasteiger partial charge in [0.2, 0.25) is 5.91 Å². The lowest BCUT2D eigenvalue weighted by atomic mass is 10.0. The van der Waals surface area contributed by atoms with Gasteiger partial charge in [0.25, 0.3) is 0 Å². The van der Waals surface area contributed by atoms with Crippen LogP contribution in [0.25, 0.3) is 0 Å². The number of hydrogen-bond donors (Lipinski definition) is 4. The van der Waals surface area contributed by atoms with Crippen molar-refractivity contribution in [3.63, 3.8) is 0 Å². The number of rotatable bonds is 48. The third-order valence-electron chi connectivity index (χ3n) is 12.3. The molecule has 0 aliphatic heterocycles. The van der Waals surface area contributed by atoms with E-state index in [0.717, 1.165) is 38.5 Å². The first-order chi connectivity index (χ1) is 28.6.